The maximum Gasteiger partial charge on any atom is 0.137 e. The second-order valence-electron chi connectivity index (χ2n) is 6.40. The molecule has 1 aromatic carbocycles. The normalized spacial score (nSPS) is 25.7. The maximum absolute atomic E-state index is 4.16. The summed E-state index contributed by atoms with van der Waals surface area (Å²) in [4.78, 5) is 3.99. The van der Waals surface area contributed by atoms with E-state index >= 15 is 0 Å². The Morgan fingerprint density at radius 3 is 2.90 bits per heavy atom. The second kappa shape index (κ2) is 6.29. The van der Waals surface area contributed by atoms with Gasteiger partial charge in [0, 0.05) is 11.7 Å². The number of nitrogens with one attached hydrogen (secondary N) is 1. The summed E-state index contributed by atoms with van der Waals surface area (Å²) in [7, 11) is 0. The molecule has 0 saturated heterocycles. The van der Waals surface area contributed by atoms with Crippen LogP contribution in [0.5, 0.6) is 0 Å². The molecule has 21 heavy (non-hydrogen) atoms. The highest BCUT2D eigenvalue weighted by Gasteiger charge is 2.24. The van der Waals surface area contributed by atoms with Crippen LogP contribution >= 0.6 is 0 Å². The Kier molecular flexibility index (Phi) is 4.23. The van der Waals surface area contributed by atoms with Crippen molar-refractivity contribution in [2.75, 3.05) is 5.32 Å². The van der Waals surface area contributed by atoms with E-state index in [2.05, 4.69) is 53.5 Å². The van der Waals surface area contributed by atoms with Gasteiger partial charge in [-0.1, -0.05) is 26.0 Å². The zero-order valence-electron chi connectivity index (χ0n) is 12.9. The van der Waals surface area contributed by atoms with Crippen LogP contribution in [0.2, 0.25) is 0 Å². The molecule has 3 rings (SSSR count). The highest BCUT2D eigenvalue weighted by atomic mass is 15.3. The van der Waals surface area contributed by atoms with Crippen LogP contribution in [0.3, 0.4) is 0 Å². The number of nitrogens with zero attached hydrogens (tertiary/aromatic N) is 3. The van der Waals surface area contributed by atoms with Gasteiger partial charge >= 0.3 is 0 Å². The Bertz CT molecular complexity index is 564. The number of hydrogen-bond acceptors (Lipinski definition) is 3. The molecular formula is C17H24N4. The molecule has 1 saturated carbocycles. The Morgan fingerprint density at radius 2 is 2.14 bits per heavy atom. The van der Waals surface area contributed by atoms with Gasteiger partial charge in [0.05, 0.1) is 6.54 Å². The summed E-state index contributed by atoms with van der Waals surface area (Å²) < 4.78 is 1.85. The number of hydrogen-bond donors (Lipinski definition) is 1. The fourth-order valence-electron chi connectivity index (χ4n) is 3.18. The summed E-state index contributed by atoms with van der Waals surface area (Å²) in [5.74, 6) is 1.68. The highest BCUT2D eigenvalue weighted by molar-refractivity contribution is 5.46. The van der Waals surface area contributed by atoms with Crippen molar-refractivity contribution in [3.63, 3.8) is 0 Å². The zero-order chi connectivity index (χ0) is 14.7. The van der Waals surface area contributed by atoms with Gasteiger partial charge in [0.15, 0.2) is 0 Å². The molecule has 1 aliphatic carbocycles. The van der Waals surface area contributed by atoms with Crippen LogP contribution in [0, 0.1) is 11.8 Å². The number of benzene rings is 1. The third-order valence-corrected chi connectivity index (χ3v) is 4.71. The van der Waals surface area contributed by atoms with Crippen LogP contribution in [-0.2, 0) is 6.54 Å². The van der Waals surface area contributed by atoms with E-state index in [4.69, 9.17) is 0 Å². The van der Waals surface area contributed by atoms with E-state index in [9.17, 15) is 0 Å². The first kappa shape index (κ1) is 14.1. The van der Waals surface area contributed by atoms with Crippen molar-refractivity contribution in [3.8, 4) is 0 Å². The van der Waals surface area contributed by atoms with E-state index in [0.717, 1.165) is 18.4 Å². The topological polar surface area (TPSA) is 42.7 Å². The van der Waals surface area contributed by atoms with E-state index in [1.54, 1.807) is 12.7 Å². The molecule has 4 nitrogen and oxygen atoms in total. The van der Waals surface area contributed by atoms with Crippen LogP contribution < -0.4 is 5.32 Å². The van der Waals surface area contributed by atoms with Crippen molar-refractivity contribution in [1.82, 2.24) is 14.8 Å². The molecule has 1 aliphatic rings. The number of aromatic nitrogens is 3. The standard InChI is InChI=1S/C17H24N4/c1-13-6-7-17(8-14(13)2)20-16-5-3-4-15(9-16)10-21-12-18-11-19-21/h3-5,9,11-14,17,20H,6-8,10H2,1-2H3. The first-order valence-corrected chi connectivity index (χ1v) is 7.88. The van der Waals surface area contributed by atoms with Gasteiger partial charge in [-0.05, 0) is 48.8 Å². The van der Waals surface area contributed by atoms with E-state index in [-0.39, 0.29) is 0 Å². The lowest BCUT2D eigenvalue weighted by molar-refractivity contribution is 0.261. The smallest absolute Gasteiger partial charge is 0.137 e. The molecule has 0 spiro atoms. The molecule has 4 heteroatoms. The summed E-state index contributed by atoms with van der Waals surface area (Å²) in [6.45, 7) is 5.52. The molecule has 0 amide bonds. The molecule has 1 aromatic heterocycles. The van der Waals surface area contributed by atoms with E-state index in [0.29, 0.717) is 6.04 Å². The fraction of sp³-hybridized carbons (Fsp3) is 0.529. The highest BCUT2D eigenvalue weighted by Crippen LogP contribution is 2.31. The van der Waals surface area contributed by atoms with Crippen LogP contribution in [0.1, 0.15) is 38.7 Å². The molecular weight excluding hydrogens is 260 g/mol. The molecule has 3 atom stereocenters. The average molecular weight is 284 g/mol. The summed E-state index contributed by atoms with van der Waals surface area (Å²) in [6, 6.07) is 9.25. The SMILES string of the molecule is CC1CCC(Nc2cccc(Cn3cncn3)c2)CC1C. The predicted molar refractivity (Wildman–Crippen MR) is 85.2 cm³/mol. The third-order valence-electron chi connectivity index (χ3n) is 4.71. The van der Waals surface area contributed by atoms with Crippen LogP contribution in [0.4, 0.5) is 5.69 Å². The summed E-state index contributed by atoms with van der Waals surface area (Å²) in [5, 5.41) is 7.87. The fourth-order valence-corrected chi connectivity index (χ4v) is 3.18. The van der Waals surface area contributed by atoms with Crippen molar-refractivity contribution >= 4 is 5.69 Å². The van der Waals surface area contributed by atoms with Gasteiger partial charge in [0.25, 0.3) is 0 Å². The number of anilines is 1. The molecule has 0 aliphatic heterocycles. The Balaban J connectivity index is 1.63. The van der Waals surface area contributed by atoms with Crippen LogP contribution in [0.25, 0.3) is 0 Å². The van der Waals surface area contributed by atoms with E-state index < -0.39 is 0 Å². The van der Waals surface area contributed by atoms with Crippen LogP contribution in [0.15, 0.2) is 36.9 Å². The minimum Gasteiger partial charge on any atom is -0.382 e. The van der Waals surface area contributed by atoms with E-state index in [1.807, 2.05) is 4.68 Å². The van der Waals surface area contributed by atoms with Gasteiger partial charge in [-0.3, -0.25) is 0 Å². The van der Waals surface area contributed by atoms with Crippen molar-refractivity contribution in [2.45, 2.75) is 45.7 Å². The lowest BCUT2D eigenvalue weighted by Crippen LogP contribution is -2.30. The lowest BCUT2D eigenvalue weighted by Gasteiger charge is -2.33. The van der Waals surface area contributed by atoms with Gasteiger partial charge in [0.1, 0.15) is 12.7 Å². The molecule has 1 fully saturated rings. The van der Waals surface area contributed by atoms with Crippen molar-refractivity contribution in [1.29, 1.82) is 0 Å². The molecule has 2 aromatic rings. The first-order chi connectivity index (χ1) is 10.2. The van der Waals surface area contributed by atoms with Crippen molar-refractivity contribution in [2.24, 2.45) is 11.8 Å². The molecule has 0 bridgehead atoms. The van der Waals surface area contributed by atoms with Crippen molar-refractivity contribution < 1.29 is 0 Å². The van der Waals surface area contributed by atoms with Gasteiger partial charge in [0.2, 0.25) is 0 Å². The first-order valence-electron chi connectivity index (χ1n) is 7.88. The second-order valence-corrected chi connectivity index (χ2v) is 6.40. The summed E-state index contributed by atoms with van der Waals surface area (Å²) >= 11 is 0. The predicted octanol–water partition coefficient (Wildman–Crippen LogP) is 3.56. The summed E-state index contributed by atoms with van der Waals surface area (Å²) in [6.07, 6.45) is 7.21. The zero-order valence-corrected chi connectivity index (χ0v) is 12.9. The van der Waals surface area contributed by atoms with Gasteiger partial charge in [-0.25, -0.2) is 9.67 Å². The Labute approximate surface area is 126 Å². The van der Waals surface area contributed by atoms with E-state index in [1.165, 1.54) is 30.5 Å². The molecule has 3 unspecified atom stereocenters. The minimum atomic E-state index is 0.609. The lowest BCUT2D eigenvalue weighted by atomic mass is 9.79. The molecule has 1 heterocycles. The summed E-state index contributed by atoms with van der Waals surface area (Å²) in [5.41, 5.74) is 2.47. The average Bonchev–Trinajstić information content (AvgIpc) is 2.96. The van der Waals surface area contributed by atoms with Gasteiger partial charge < -0.3 is 5.32 Å². The largest absolute Gasteiger partial charge is 0.382 e. The monoisotopic (exact) mass is 284 g/mol. The Morgan fingerprint density at radius 1 is 1.24 bits per heavy atom. The third kappa shape index (κ3) is 3.63. The minimum absolute atomic E-state index is 0.609. The molecule has 112 valence electrons. The Hall–Kier alpha value is -1.84. The number of rotatable bonds is 4. The van der Waals surface area contributed by atoms with Gasteiger partial charge in [-0.2, -0.15) is 5.10 Å². The van der Waals surface area contributed by atoms with Crippen LogP contribution in [-0.4, -0.2) is 20.8 Å². The maximum atomic E-state index is 4.16. The molecule has 0 radical (unpaired) electrons. The molecule has 1 N–H and O–H groups in total. The van der Waals surface area contributed by atoms with Crippen molar-refractivity contribution in [3.05, 3.63) is 42.5 Å². The van der Waals surface area contributed by atoms with Gasteiger partial charge in [-0.15, -0.1) is 0 Å². The quantitative estimate of drug-likeness (QED) is 0.933.